The zero-order chi connectivity index (χ0) is 20.2. The second-order valence-electron chi connectivity index (χ2n) is 6.38. The Labute approximate surface area is 165 Å². The van der Waals surface area contributed by atoms with Crippen LogP contribution >= 0.6 is 0 Å². The molecule has 29 heavy (non-hydrogen) atoms. The van der Waals surface area contributed by atoms with Gasteiger partial charge in [0, 0.05) is 36.0 Å². The van der Waals surface area contributed by atoms with E-state index in [9.17, 15) is 13.6 Å². The van der Waals surface area contributed by atoms with Crippen molar-refractivity contribution in [2.75, 3.05) is 11.9 Å². The van der Waals surface area contributed by atoms with Crippen LogP contribution in [0.2, 0.25) is 0 Å². The predicted octanol–water partition coefficient (Wildman–Crippen LogP) is 3.95. The maximum Gasteiger partial charge on any atom is 0.254 e. The van der Waals surface area contributed by atoms with Crippen LogP contribution in [0.3, 0.4) is 0 Å². The summed E-state index contributed by atoms with van der Waals surface area (Å²) in [6.07, 6.45) is 5.20. The summed E-state index contributed by atoms with van der Waals surface area (Å²) in [5.41, 5.74) is 2.08. The average Bonchev–Trinajstić information content (AvgIpc) is 3.14. The number of aromatic nitrogens is 3. The lowest BCUT2D eigenvalue weighted by Gasteiger charge is -2.08. The number of carbonyl (C=O) groups is 1. The largest absolute Gasteiger partial charge is 0.361 e. The fraction of sp³-hybridized carbons (Fsp3) is 0.0952. The van der Waals surface area contributed by atoms with Crippen molar-refractivity contribution in [3.63, 3.8) is 0 Å². The highest BCUT2D eigenvalue weighted by atomic mass is 19.1. The number of amides is 1. The minimum atomic E-state index is -0.757. The molecule has 0 aliphatic carbocycles. The first-order valence-electron chi connectivity index (χ1n) is 8.98. The second-order valence-corrected chi connectivity index (χ2v) is 6.38. The van der Waals surface area contributed by atoms with Crippen LogP contribution in [0.1, 0.15) is 15.9 Å². The van der Waals surface area contributed by atoms with Gasteiger partial charge in [0.15, 0.2) is 0 Å². The van der Waals surface area contributed by atoms with Crippen LogP contribution in [0.25, 0.3) is 10.9 Å². The summed E-state index contributed by atoms with van der Waals surface area (Å²) in [4.78, 5) is 23.4. The number of para-hydroxylation sites is 2. The molecular formula is C21H17F2N5O. The highest BCUT2D eigenvalue weighted by Crippen LogP contribution is 2.21. The van der Waals surface area contributed by atoms with Gasteiger partial charge in [-0.2, -0.15) is 0 Å². The first-order chi connectivity index (χ1) is 14.1. The van der Waals surface area contributed by atoms with Gasteiger partial charge in [-0.3, -0.25) is 4.79 Å². The van der Waals surface area contributed by atoms with Crippen LogP contribution in [-0.2, 0) is 6.42 Å². The average molecular weight is 393 g/mol. The number of hydrogen-bond acceptors (Lipinski definition) is 4. The van der Waals surface area contributed by atoms with E-state index in [4.69, 9.17) is 0 Å². The highest BCUT2D eigenvalue weighted by molar-refractivity contribution is 5.93. The third kappa shape index (κ3) is 4.06. The molecule has 2 aromatic heterocycles. The molecule has 6 nitrogen and oxygen atoms in total. The van der Waals surface area contributed by atoms with Crippen LogP contribution in [-0.4, -0.2) is 27.4 Å². The number of H-pyrrole nitrogens is 1. The molecule has 0 saturated heterocycles. The molecule has 0 aliphatic rings. The van der Waals surface area contributed by atoms with Crippen molar-refractivity contribution in [2.24, 2.45) is 0 Å². The molecule has 0 aliphatic heterocycles. The molecule has 0 unspecified atom stereocenters. The van der Waals surface area contributed by atoms with Gasteiger partial charge in [-0.05, 0) is 30.2 Å². The summed E-state index contributed by atoms with van der Waals surface area (Å²) in [6, 6.07) is 11.5. The minimum Gasteiger partial charge on any atom is -0.361 e. The first kappa shape index (κ1) is 18.5. The predicted molar refractivity (Wildman–Crippen MR) is 106 cm³/mol. The normalized spacial score (nSPS) is 10.8. The van der Waals surface area contributed by atoms with Gasteiger partial charge < -0.3 is 15.6 Å². The number of rotatable bonds is 6. The molecule has 0 atom stereocenters. The minimum absolute atomic E-state index is 0.00987. The number of halogens is 2. The van der Waals surface area contributed by atoms with Crippen molar-refractivity contribution in [1.29, 1.82) is 0 Å². The van der Waals surface area contributed by atoms with Crippen LogP contribution in [0.4, 0.5) is 20.4 Å². The number of nitrogens with one attached hydrogen (secondary N) is 3. The lowest BCUT2D eigenvalue weighted by atomic mass is 10.1. The van der Waals surface area contributed by atoms with Gasteiger partial charge in [0.25, 0.3) is 5.91 Å². The van der Waals surface area contributed by atoms with Crippen LogP contribution in [0, 0.1) is 11.6 Å². The molecule has 8 heteroatoms. The van der Waals surface area contributed by atoms with Crippen molar-refractivity contribution < 1.29 is 13.6 Å². The monoisotopic (exact) mass is 393 g/mol. The van der Waals surface area contributed by atoms with Gasteiger partial charge in [0.05, 0.1) is 5.56 Å². The van der Waals surface area contributed by atoms with E-state index >= 15 is 0 Å². The number of aromatic amines is 1. The van der Waals surface area contributed by atoms with Crippen molar-refractivity contribution in [3.8, 4) is 0 Å². The van der Waals surface area contributed by atoms with Crippen molar-refractivity contribution >= 4 is 28.4 Å². The van der Waals surface area contributed by atoms with Crippen molar-refractivity contribution in [2.45, 2.75) is 6.42 Å². The molecule has 2 heterocycles. The fourth-order valence-corrected chi connectivity index (χ4v) is 2.99. The van der Waals surface area contributed by atoms with E-state index in [0.29, 0.717) is 13.0 Å². The highest BCUT2D eigenvalue weighted by Gasteiger charge is 2.11. The van der Waals surface area contributed by atoms with Crippen LogP contribution in [0.5, 0.6) is 0 Å². The fourth-order valence-electron chi connectivity index (χ4n) is 2.99. The Morgan fingerprint density at radius 1 is 1.00 bits per heavy atom. The van der Waals surface area contributed by atoms with Gasteiger partial charge in [0.1, 0.15) is 17.3 Å². The topological polar surface area (TPSA) is 82.7 Å². The Kier molecular flexibility index (Phi) is 5.15. The molecule has 0 spiro atoms. The smallest absolute Gasteiger partial charge is 0.254 e. The zero-order valence-electron chi connectivity index (χ0n) is 15.2. The third-order valence-electron chi connectivity index (χ3n) is 4.47. The molecule has 4 aromatic rings. The van der Waals surface area contributed by atoms with E-state index in [1.807, 2.05) is 30.5 Å². The Bertz CT molecular complexity index is 1140. The van der Waals surface area contributed by atoms with E-state index in [1.54, 1.807) is 0 Å². The number of hydrogen-bond donors (Lipinski definition) is 3. The molecule has 0 bridgehead atoms. The Morgan fingerprint density at radius 2 is 1.72 bits per heavy atom. The van der Waals surface area contributed by atoms with Crippen molar-refractivity contribution in [3.05, 3.63) is 83.8 Å². The molecular weight excluding hydrogens is 376 g/mol. The number of fused-ring (bicyclic) bond motifs is 1. The summed E-state index contributed by atoms with van der Waals surface area (Å²) < 4.78 is 27.3. The van der Waals surface area contributed by atoms with Gasteiger partial charge >= 0.3 is 0 Å². The van der Waals surface area contributed by atoms with Crippen molar-refractivity contribution in [1.82, 2.24) is 20.3 Å². The lowest BCUT2D eigenvalue weighted by molar-refractivity contribution is 0.0953. The third-order valence-corrected chi connectivity index (χ3v) is 4.47. The summed E-state index contributed by atoms with van der Waals surface area (Å²) >= 11 is 0. The van der Waals surface area contributed by atoms with Gasteiger partial charge in [-0.1, -0.05) is 24.3 Å². The Balaban J connectivity index is 1.35. The first-order valence-corrected chi connectivity index (χ1v) is 8.98. The summed E-state index contributed by atoms with van der Waals surface area (Å²) in [6.45, 7) is 0.446. The lowest BCUT2D eigenvalue weighted by Crippen LogP contribution is -2.26. The second kappa shape index (κ2) is 8.05. The summed E-state index contributed by atoms with van der Waals surface area (Å²) in [5, 5.41) is 6.42. The molecule has 4 rings (SSSR count). The number of nitrogens with zero attached hydrogens (tertiary/aromatic N) is 2. The zero-order valence-corrected chi connectivity index (χ0v) is 15.2. The Hall–Kier alpha value is -3.81. The number of benzene rings is 2. The molecule has 0 radical (unpaired) electrons. The van der Waals surface area contributed by atoms with E-state index in [2.05, 4.69) is 25.6 Å². The summed E-state index contributed by atoms with van der Waals surface area (Å²) in [7, 11) is 0. The van der Waals surface area contributed by atoms with Gasteiger partial charge in [-0.15, -0.1) is 0 Å². The van der Waals surface area contributed by atoms with Crippen LogP contribution < -0.4 is 10.6 Å². The Morgan fingerprint density at radius 3 is 2.48 bits per heavy atom. The van der Waals surface area contributed by atoms with E-state index < -0.39 is 11.6 Å². The van der Waals surface area contributed by atoms with Gasteiger partial charge in [-0.25, -0.2) is 18.7 Å². The maximum atomic E-state index is 13.7. The molecule has 0 saturated carbocycles. The molecule has 0 fully saturated rings. The maximum absolute atomic E-state index is 13.7. The molecule has 1 amide bonds. The number of anilines is 2. The summed E-state index contributed by atoms with van der Waals surface area (Å²) in [5.74, 6) is -1.85. The van der Waals surface area contributed by atoms with E-state index in [1.165, 1.54) is 18.5 Å². The molecule has 146 valence electrons. The van der Waals surface area contributed by atoms with Crippen LogP contribution in [0.15, 0.2) is 61.1 Å². The quantitative estimate of drug-likeness (QED) is 0.463. The standard InChI is InChI=1S/C21H17F2N5O/c22-16-5-3-6-17(23)19(16)28-21-26-11-14(12-27-21)20(29)24-9-8-13-10-25-18-7-2-1-4-15(13)18/h1-7,10-12,25H,8-9H2,(H,24,29)(H,26,27,28). The van der Waals surface area contributed by atoms with Gasteiger partial charge in [0.2, 0.25) is 5.95 Å². The molecule has 2 aromatic carbocycles. The molecule has 3 N–H and O–H groups in total. The van der Waals surface area contributed by atoms with E-state index in [-0.39, 0.29) is 23.1 Å². The SMILES string of the molecule is O=C(NCCc1c[nH]c2ccccc12)c1cnc(Nc2c(F)cccc2F)nc1. The van der Waals surface area contributed by atoms with E-state index in [0.717, 1.165) is 28.6 Å². The number of carbonyl (C=O) groups excluding carboxylic acids is 1.